The van der Waals surface area contributed by atoms with Crippen LogP contribution < -0.4 is 5.32 Å². The summed E-state index contributed by atoms with van der Waals surface area (Å²) in [5, 5.41) is 21.1. The molecule has 0 spiro atoms. The number of amides is 1. The third kappa shape index (κ3) is 5.03. The number of carboxylic acids is 1. The van der Waals surface area contributed by atoms with E-state index in [9.17, 15) is 19.1 Å². The first kappa shape index (κ1) is 16.9. The molecule has 1 amide bonds. The lowest BCUT2D eigenvalue weighted by molar-refractivity contribution is -0.142. The molecule has 0 saturated heterocycles. The molecule has 0 unspecified atom stereocenters. The Balaban J connectivity index is 2.90. The van der Waals surface area contributed by atoms with Crippen molar-refractivity contribution in [2.75, 3.05) is 0 Å². The van der Waals surface area contributed by atoms with Crippen molar-refractivity contribution >= 4 is 12.1 Å². The Morgan fingerprint density at radius 3 is 2.33 bits per heavy atom. The first-order valence-corrected chi connectivity index (χ1v) is 6.26. The minimum Gasteiger partial charge on any atom is -0.480 e. The monoisotopic (exact) mass is 299 g/mol. The molecular formula is C14H18FNO5. The van der Waals surface area contributed by atoms with E-state index in [1.54, 1.807) is 20.8 Å². The number of hydrogen-bond acceptors (Lipinski definition) is 4. The number of aliphatic hydroxyl groups is 1. The zero-order valence-corrected chi connectivity index (χ0v) is 12.0. The number of nitrogens with one attached hydrogen (secondary N) is 1. The summed E-state index contributed by atoms with van der Waals surface area (Å²) >= 11 is 0. The van der Waals surface area contributed by atoms with Gasteiger partial charge in [0.15, 0.2) is 6.04 Å². The van der Waals surface area contributed by atoms with Crippen LogP contribution in [0, 0.1) is 5.82 Å². The molecule has 1 aromatic rings. The van der Waals surface area contributed by atoms with Gasteiger partial charge in [0.2, 0.25) is 0 Å². The molecule has 3 N–H and O–H groups in total. The van der Waals surface area contributed by atoms with E-state index < -0.39 is 35.6 Å². The summed E-state index contributed by atoms with van der Waals surface area (Å²) < 4.78 is 18.5. The van der Waals surface area contributed by atoms with Gasteiger partial charge in [0.25, 0.3) is 0 Å². The second-order valence-corrected chi connectivity index (χ2v) is 5.43. The summed E-state index contributed by atoms with van der Waals surface area (Å²) in [5.74, 6) is -2.26. The second kappa shape index (κ2) is 6.53. The predicted octanol–water partition coefficient (Wildman–Crippen LogP) is 1.84. The van der Waals surface area contributed by atoms with Gasteiger partial charge in [-0.25, -0.2) is 14.0 Å². The number of aliphatic hydroxyl groups excluding tert-OH is 1. The van der Waals surface area contributed by atoms with Gasteiger partial charge in [-0.2, -0.15) is 0 Å². The van der Waals surface area contributed by atoms with Crippen molar-refractivity contribution < 1.29 is 28.9 Å². The molecule has 2 atom stereocenters. The molecule has 0 bridgehead atoms. The van der Waals surface area contributed by atoms with Crippen LogP contribution in [0.5, 0.6) is 0 Å². The third-order valence-corrected chi connectivity index (χ3v) is 2.48. The van der Waals surface area contributed by atoms with Crippen molar-refractivity contribution in [3.8, 4) is 0 Å². The van der Waals surface area contributed by atoms with Gasteiger partial charge in [0, 0.05) is 5.56 Å². The van der Waals surface area contributed by atoms with E-state index in [-0.39, 0.29) is 5.56 Å². The standard InChI is InChI=1S/C14H18FNO5/c1-14(2,3)21-13(20)16-10(12(18)19)11(17)8-6-4-5-7-9(8)15/h4-7,10-11,17H,1-3H3,(H,16,20)(H,18,19)/t10-,11+/m1/s1. The molecule has 116 valence electrons. The number of ether oxygens (including phenoxy) is 1. The number of benzene rings is 1. The maximum Gasteiger partial charge on any atom is 0.408 e. The molecule has 1 aromatic carbocycles. The number of hydrogen-bond donors (Lipinski definition) is 3. The fourth-order valence-electron chi connectivity index (χ4n) is 1.60. The van der Waals surface area contributed by atoms with Crippen molar-refractivity contribution in [3.63, 3.8) is 0 Å². The molecule has 0 radical (unpaired) electrons. The Hall–Kier alpha value is -2.15. The van der Waals surface area contributed by atoms with Crippen LogP contribution in [-0.4, -0.2) is 33.9 Å². The van der Waals surface area contributed by atoms with Gasteiger partial charge in [-0.1, -0.05) is 18.2 Å². The first-order valence-electron chi connectivity index (χ1n) is 6.26. The number of aliphatic carboxylic acids is 1. The highest BCUT2D eigenvalue weighted by molar-refractivity contribution is 5.80. The van der Waals surface area contributed by atoms with Crippen LogP contribution in [0.25, 0.3) is 0 Å². The van der Waals surface area contributed by atoms with Crippen molar-refractivity contribution in [1.82, 2.24) is 5.32 Å². The van der Waals surface area contributed by atoms with Crippen LogP contribution in [0.15, 0.2) is 24.3 Å². The Morgan fingerprint density at radius 2 is 1.86 bits per heavy atom. The molecule has 21 heavy (non-hydrogen) atoms. The van der Waals surface area contributed by atoms with Crippen LogP contribution in [0.2, 0.25) is 0 Å². The summed E-state index contributed by atoms with van der Waals surface area (Å²) in [7, 11) is 0. The summed E-state index contributed by atoms with van der Waals surface area (Å²) in [5.41, 5.74) is -1.04. The maximum absolute atomic E-state index is 13.6. The molecule has 6 nitrogen and oxygen atoms in total. The molecule has 0 aliphatic heterocycles. The Bertz CT molecular complexity index is 526. The normalized spacial score (nSPS) is 14.1. The highest BCUT2D eigenvalue weighted by Gasteiger charge is 2.32. The van der Waals surface area contributed by atoms with E-state index in [0.29, 0.717) is 0 Å². The highest BCUT2D eigenvalue weighted by atomic mass is 19.1. The molecule has 0 fully saturated rings. The molecule has 0 heterocycles. The minimum atomic E-state index is -1.74. The van der Waals surface area contributed by atoms with Gasteiger partial charge in [0.05, 0.1) is 0 Å². The Kier molecular flexibility index (Phi) is 5.26. The first-order chi connectivity index (χ1) is 9.61. The van der Waals surface area contributed by atoms with Crippen LogP contribution in [0.4, 0.5) is 9.18 Å². The van der Waals surface area contributed by atoms with Gasteiger partial charge < -0.3 is 20.3 Å². The van der Waals surface area contributed by atoms with Gasteiger partial charge in [-0.15, -0.1) is 0 Å². The predicted molar refractivity (Wildman–Crippen MR) is 72.2 cm³/mol. The van der Waals surface area contributed by atoms with E-state index in [4.69, 9.17) is 9.84 Å². The molecule has 0 aliphatic carbocycles. The van der Waals surface area contributed by atoms with Gasteiger partial charge in [-0.05, 0) is 26.8 Å². The van der Waals surface area contributed by atoms with Crippen molar-refractivity contribution in [2.24, 2.45) is 0 Å². The number of carbonyl (C=O) groups excluding carboxylic acids is 1. The highest BCUT2D eigenvalue weighted by Crippen LogP contribution is 2.20. The Labute approximate surface area is 121 Å². The zero-order chi connectivity index (χ0) is 16.2. The number of carboxylic acid groups (broad SMARTS) is 1. The van der Waals surface area contributed by atoms with Crippen LogP contribution in [0.3, 0.4) is 0 Å². The second-order valence-electron chi connectivity index (χ2n) is 5.43. The molecule has 7 heteroatoms. The fraction of sp³-hybridized carbons (Fsp3) is 0.429. The van der Waals surface area contributed by atoms with E-state index >= 15 is 0 Å². The lowest BCUT2D eigenvalue weighted by atomic mass is 10.0. The molecule has 1 rings (SSSR count). The van der Waals surface area contributed by atoms with Gasteiger partial charge >= 0.3 is 12.1 Å². The fourth-order valence-corrected chi connectivity index (χ4v) is 1.60. The van der Waals surface area contributed by atoms with E-state index in [2.05, 4.69) is 0 Å². The van der Waals surface area contributed by atoms with Crippen LogP contribution >= 0.6 is 0 Å². The largest absolute Gasteiger partial charge is 0.480 e. The summed E-state index contributed by atoms with van der Waals surface area (Å²) in [4.78, 5) is 22.8. The molecular weight excluding hydrogens is 281 g/mol. The van der Waals surface area contributed by atoms with E-state index in [0.717, 1.165) is 6.07 Å². The van der Waals surface area contributed by atoms with Gasteiger partial charge in [0.1, 0.15) is 17.5 Å². The minimum absolute atomic E-state index is 0.221. The SMILES string of the molecule is CC(C)(C)OC(=O)N[C@@H](C(=O)O)[C@@H](O)c1ccccc1F. The average Bonchev–Trinajstić information content (AvgIpc) is 2.33. The smallest absolute Gasteiger partial charge is 0.408 e. The van der Waals surface area contributed by atoms with Crippen molar-refractivity contribution in [2.45, 2.75) is 38.5 Å². The lowest BCUT2D eigenvalue weighted by Crippen LogP contribution is -2.47. The van der Waals surface area contributed by atoms with E-state index in [1.165, 1.54) is 18.2 Å². The lowest BCUT2D eigenvalue weighted by Gasteiger charge is -2.24. The maximum atomic E-state index is 13.6. The quantitative estimate of drug-likeness (QED) is 0.788. The van der Waals surface area contributed by atoms with Gasteiger partial charge in [-0.3, -0.25) is 0 Å². The van der Waals surface area contributed by atoms with Crippen LogP contribution in [0.1, 0.15) is 32.4 Å². The van der Waals surface area contributed by atoms with E-state index in [1.807, 2.05) is 5.32 Å². The molecule has 0 aliphatic rings. The summed E-state index contributed by atoms with van der Waals surface area (Å²) in [6.07, 6.45) is -2.75. The third-order valence-electron chi connectivity index (χ3n) is 2.48. The number of rotatable bonds is 4. The summed E-state index contributed by atoms with van der Waals surface area (Å²) in [6.45, 7) is 4.82. The van der Waals surface area contributed by atoms with Crippen LogP contribution in [-0.2, 0) is 9.53 Å². The van der Waals surface area contributed by atoms with Crippen molar-refractivity contribution in [1.29, 1.82) is 0 Å². The molecule has 0 saturated carbocycles. The number of carbonyl (C=O) groups is 2. The number of halogens is 1. The Morgan fingerprint density at radius 1 is 1.29 bits per heavy atom. The molecule has 0 aromatic heterocycles. The number of alkyl carbamates (subject to hydrolysis) is 1. The topological polar surface area (TPSA) is 95.9 Å². The average molecular weight is 299 g/mol. The van der Waals surface area contributed by atoms with Crippen molar-refractivity contribution in [3.05, 3.63) is 35.6 Å². The summed E-state index contributed by atoms with van der Waals surface area (Å²) in [6, 6.07) is 3.46. The zero-order valence-electron chi connectivity index (χ0n) is 12.0.